The van der Waals surface area contributed by atoms with Gasteiger partial charge in [0.25, 0.3) is 5.69 Å². The van der Waals surface area contributed by atoms with Crippen molar-refractivity contribution < 1.29 is 19.6 Å². The molecule has 1 atom stereocenters. The van der Waals surface area contributed by atoms with Gasteiger partial charge in [-0.1, -0.05) is 12.1 Å². The van der Waals surface area contributed by atoms with Gasteiger partial charge in [0.1, 0.15) is 11.1 Å². The zero-order chi connectivity index (χ0) is 15.5. The van der Waals surface area contributed by atoms with Crippen LogP contribution in [0.15, 0.2) is 24.3 Å². The lowest BCUT2D eigenvalue weighted by atomic mass is 9.88. The van der Waals surface area contributed by atoms with Crippen molar-refractivity contribution in [2.24, 2.45) is 5.41 Å². The molecule has 7 nitrogen and oxygen atoms in total. The summed E-state index contributed by atoms with van der Waals surface area (Å²) in [6.07, 6.45) is 0.411. The van der Waals surface area contributed by atoms with Gasteiger partial charge in [-0.05, 0) is 19.4 Å². The normalized spacial score (nSPS) is 21.3. The number of para-hydroxylation sites is 2. The number of esters is 1. The first-order chi connectivity index (χ1) is 10.0. The van der Waals surface area contributed by atoms with Crippen LogP contribution in [0, 0.1) is 15.5 Å². The number of nitro groups is 1. The molecular formula is C14H18N2O5. The molecular weight excluding hydrogens is 276 g/mol. The Morgan fingerprint density at radius 1 is 1.52 bits per heavy atom. The van der Waals surface area contributed by atoms with Crippen molar-refractivity contribution in [1.82, 2.24) is 0 Å². The average molecular weight is 294 g/mol. The predicted molar refractivity (Wildman–Crippen MR) is 76.1 cm³/mol. The Morgan fingerprint density at radius 2 is 2.24 bits per heavy atom. The third kappa shape index (κ3) is 2.82. The van der Waals surface area contributed by atoms with Crippen molar-refractivity contribution in [3.63, 3.8) is 0 Å². The fraction of sp³-hybridized carbons (Fsp3) is 0.500. The number of hydrogen-bond donors (Lipinski definition) is 1. The van der Waals surface area contributed by atoms with Gasteiger partial charge in [-0.25, -0.2) is 0 Å². The van der Waals surface area contributed by atoms with Gasteiger partial charge in [0.15, 0.2) is 0 Å². The van der Waals surface area contributed by atoms with E-state index in [4.69, 9.17) is 4.74 Å². The lowest BCUT2D eigenvalue weighted by Gasteiger charge is -2.25. The van der Waals surface area contributed by atoms with Crippen LogP contribution in [-0.2, 0) is 9.53 Å². The summed E-state index contributed by atoms with van der Waals surface area (Å²) in [4.78, 5) is 24.4. The molecule has 1 heterocycles. The van der Waals surface area contributed by atoms with Crippen LogP contribution in [0.25, 0.3) is 0 Å². The molecule has 0 aromatic heterocycles. The van der Waals surface area contributed by atoms with E-state index in [1.54, 1.807) is 30.0 Å². The molecule has 21 heavy (non-hydrogen) atoms. The molecule has 114 valence electrons. The van der Waals surface area contributed by atoms with Gasteiger partial charge < -0.3 is 14.7 Å². The van der Waals surface area contributed by atoms with E-state index < -0.39 is 16.3 Å². The first-order valence-corrected chi connectivity index (χ1v) is 6.80. The van der Waals surface area contributed by atoms with Gasteiger partial charge in [0.2, 0.25) is 0 Å². The Balaban J connectivity index is 2.26. The molecule has 1 aromatic carbocycles. The second-order valence-corrected chi connectivity index (χ2v) is 5.08. The minimum Gasteiger partial charge on any atom is -0.465 e. The number of aliphatic hydroxyl groups is 1. The molecule has 0 radical (unpaired) electrons. The Hall–Kier alpha value is -2.15. The molecule has 1 unspecified atom stereocenters. The molecule has 1 fully saturated rings. The van der Waals surface area contributed by atoms with Crippen LogP contribution in [0.3, 0.4) is 0 Å². The summed E-state index contributed by atoms with van der Waals surface area (Å²) in [6, 6.07) is 6.39. The van der Waals surface area contributed by atoms with E-state index in [-0.39, 0.29) is 25.4 Å². The van der Waals surface area contributed by atoms with E-state index in [0.717, 1.165) is 0 Å². The number of ether oxygens (including phenoxy) is 1. The van der Waals surface area contributed by atoms with E-state index in [0.29, 0.717) is 18.7 Å². The molecule has 2 rings (SSSR count). The van der Waals surface area contributed by atoms with Crippen LogP contribution >= 0.6 is 0 Å². The van der Waals surface area contributed by atoms with Gasteiger partial charge >= 0.3 is 5.97 Å². The summed E-state index contributed by atoms with van der Waals surface area (Å²) in [5.74, 6) is -0.450. The maximum Gasteiger partial charge on any atom is 0.316 e. The predicted octanol–water partition coefficient (Wildman–Crippen LogP) is 1.35. The van der Waals surface area contributed by atoms with Gasteiger partial charge in [-0.15, -0.1) is 0 Å². The van der Waals surface area contributed by atoms with E-state index in [1.807, 2.05) is 0 Å². The van der Waals surface area contributed by atoms with Crippen LogP contribution in [-0.4, -0.2) is 42.3 Å². The molecule has 0 saturated carbocycles. The van der Waals surface area contributed by atoms with E-state index in [1.165, 1.54) is 6.07 Å². The Labute approximate surface area is 122 Å². The summed E-state index contributed by atoms with van der Waals surface area (Å²) < 4.78 is 5.02. The number of benzene rings is 1. The van der Waals surface area contributed by atoms with Crippen molar-refractivity contribution in [3.05, 3.63) is 34.4 Å². The summed E-state index contributed by atoms with van der Waals surface area (Å²) >= 11 is 0. The standard InChI is InChI=1S/C14H18N2O5/c1-2-21-13(18)14(10-17)7-8-15(9-14)11-5-3-4-6-12(11)16(19)20/h3-6,17H,2,7-10H2,1H3. The highest BCUT2D eigenvalue weighted by Gasteiger charge is 2.46. The summed E-state index contributed by atoms with van der Waals surface area (Å²) in [6.45, 7) is 2.30. The minimum atomic E-state index is -1.00. The molecule has 0 aliphatic carbocycles. The van der Waals surface area contributed by atoms with Gasteiger partial charge in [0, 0.05) is 19.2 Å². The highest BCUT2D eigenvalue weighted by Crippen LogP contribution is 2.38. The van der Waals surface area contributed by atoms with Crippen LogP contribution in [0.1, 0.15) is 13.3 Å². The molecule has 1 saturated heterocycles. The number of nitrogens with zero attached hydrogens (tertiary/aromatic N) is 2. The fourth-order valence-electron chi connectivity index (χ4n) is 2.61. The van der Waals surface area contributed by atoms with Crippen molar-refractivity contribution in [2.75, 3.05) is 31.2 Å². The van der Waals surface area contributed by atoms with Crippen LogP contribution in [0.5, 0.6) is 0 Å². The number of carbonyl (C=O) groups is 1. The first-order valence-electron chi connectivity index (χ1n) is 6.80. The number of anilines is 1. The van der Waals surface area contributed by atoms with Crippen molar-refractivity contribution in [2.45, 2.75) is 13.3 Å². The highest BCUT2D eigenvalue weighted by molar-refractivity contribution is 5.79. The third-order valence-electron chi connectivity index (χ3n) is 3.78. The zero-order valence-electron chi connectivity index (χ0n) is 11.8. The number of rotatable bonds is 5. The second kappa shape index (κ2) is 6.09. The minimum absolute atomic E-state index is 0.00454. The lowest BCUT2D eigenvalue weighted by Crippen LogP contribution is -2.39. The average Bonchev–Trinajstić information content (AvgIpc) is 2.93. The van der Waals surface area contributed by atoms with Crippen LogP contribution in [0.4, 0.5) is 11.4 Å². The van der Waals surface area contributed by atoms with Crippen molar-refractivity contribution in [3.8, 4) is 0 Å². The van der Waals surface area contributed by atoms with Crippen LogP contribution < -0.4 is 4.90 Å². The molecule has 1 aliphatic rings. The number of aliphatic hydroxyl groups excluding tert-OH is 1. The topological polar surface area (TPSA) is 92.9 Å². The summed E-state index contributed by atoms with van der Waals surface area (Å²) in [5.41, 5.74) is -0.545. The van der Waals surface area contributed by atoms with E-state index in [9.17, 15) is 20.0 Å². The molecule has 0 spiro atoms. The molecule has 7 heteroatoms. The van der Waals surface area contributed by atoms with E-state index in [2.05, 4.69) is 0 Å². The Morgan fingerprint density at radius 3 is 2.86 bits per heavy atom. The Kier molecular flexibility index (Phi) is 4.42. The number of nitro benzene ring substituents is 1. The fourth-order valence-corrected chi connectivity index (χ4v) is 2.61. The first kappa shape index (κ1) is 15.2. The largest absolute Gasteiger partial charge is 0.465 e. The summed E-state index contributed by atoms with van der Waals surface area (Å²) in [5, 5.41) is 20.7. The molecule has 0 amide bonds. The van der Waals surface area contributed by atoms with Crippen LogP contribution in [0.2, 0.25) is 0 Å². The Bertz CT molecular complexity index is 548. The number of carbonyl (C=O) groups excluding carboxylic acids is 1. The highest BCUT2D eigenvalue weighted by atomic mass is 16.6. The van der Waals surface area contributed by atoms with Gasteiger partial charge in [-0.3, -0.25) is 14.9 Å². The molecule has 1 aliphatic heterocycles. The zero-order valence-corrected chi connectivity index (χ0v) is 11.8. The van der Waals surface area contributed by atoms with Crippen molar-refractivity contribution in [1.29, 1.82) is 0 Å². The molecule has 0 bridgehead atoms. The quantitative estimate of drug-likeness (QED) is 0.500. The third-order valence-corrected chi connectivity index (χ3v) is 3.78. The lowest BCUT2D eigenvalue weighted by molar-refractivity contribution is -0.384. The SMILES string of the molecule is CCOC(=O)C1(CO)CCN(c2ccccc2[N+](=O)[O-])C1. The molecule has 1 aromatic rings. The maximum atomic E-state index is 12.1. The van der Waals surface area contributed by atoms with Gasteiger partial charge in [-0.2, -0.15) is 0 Å². The summed E-state index contributed by atoms with van der Waals surface area (Å²) in [7, 11) is 0. The maximum absolute atomic E-state index is 12.1. The van der Waals surface area contributed by atoms with Gasteiger partial charge in [0.05, 0.1) is 18.1 Å². The van der Waals surface area contributed by atoms with Crippen molar-refractivity contribution >= 4 is 17.3 Å². The monoisotopic (exact) mass is 294 g/mol. The molecule has 1 N–H and O–H groups in total. The number of hydrogen-bond acceptors (Lipinski definition) is 6. The van der Waals surface area contributed by atoms with E-state index >= 15 is 0 Å². The smallest absolute Gasteiger partial charge is 0.316 e. The second-order valence-electron chi connectivity index (χ2n) is 5.08.